The van der Waals surface area contributed by atoms with E-state index in [-0.39, 0.29) is 11.5 Å². The van der Waals surface area contributed by atoms with E-state index in [4.69, 9.17) is 0 Å². The van der Waals surface area contributed by atoms with Gasteiger partial charge in [-0.05, 0) is 24.3 Å². The van der Waals surface area contributed by atoms with Gasteiger partial charge in [-0.25, -0.2) is 4.98 Å². The first-order chi connectivity index (χ1) is 10.6. The molecule has 0 radical (unpaired) electrons. The Morgan fingerprint density at radius 3 is 3.00 bits per heavy atom. The Hall–Kier alpha value is -1.34. The van der Waals surface area contributed by atoms with Crippen LogP contribution in [0.1, 0.15) is 32.1 Å². The van der Waals surface area contributed by atoms with Gasteiger partial charge < -0.3 is 5.32 Å². The van der Waals surface area contributed by atoms with Crippen LogP contribution >= 0.6 is 23.1 Å². The van der Waals surface area contributed by atoms with Crippen molar-refractivity contribution in [1.82, 2.24) is 14.9 Å². The van der Waals surface area contributed by atoms with Crippen LogP contribution in [-0.4, -0.2) is 27.3 Å². The van der Waals surface area contributed by atoms with Gasteiger partial charge in [0.1, 0.15) is 4.70 Å². The fourth-order valence-electron chi connectivity index (χ4n) is 2.74. The van der Waals surface area contributed by atoms with Crippen molar-refractivity contribution < 1.29 is 4.79 Å². The van der Waals surface area contributed by atoms with E-state index < -0.39 is 0 Å². The molecule has 0 atom stereocenters. The number of fused-ring (bicyclic) bond motifs is 1. The summed E-state index contributed by atoms with van der Waals surface area (Å²) in [6.07, 6.45) is 5.82. The number of hydrogen-bond acceptors (Lipinski definition) is 5. The van der Waals surface area contributed by atoms with Crippen LogP contribution in [0.5, 0.6) is 0 Å². The minimum absolute atomic E-state index is 0.0246. The number of rotatable bonds is 4. The summed E-state index contributed by atoms with van der Waals surface area (Å²) < 4.78 is 2.19. The molecule has 118 valence electrons. The minimum Gasteiger partial charge on any atom is -0.353 e. The molecule has 7 heteroatoms. The molecule has 1 fully saturated rings. The highest BCUT2D eigenvalue weighted by Crippen LogP contribution is 2.21. The third kappa shape index (κ3) is 3.35. The van der Waals surface area contributed by atoms with Crippen LogP contribution in [0.3, 0.4) is 0 Å². The zero-order valence-electron chi connectivity index (χ0n) is 12.5. The maximum absolute atomic E-state index is 12.2. The third-order valence-corrected chi connectivity index (χ3v) is 5.87. The molecule has 2 aromatic heterocycles. The largest absolute Gasteiger partial charge is 0.353 e. The lowest BCUT2D eigenvalue weighted by molar-refractivity contribution is -0.119. The zero-order chi connectivity index (χ0) is 15.5. The van der Waals surface area contributed by atoms with Gasteiger partial charge in [0.15, 0.2) is 5.16 Å². The lowest BCUT2D eigenvalue weighted by Crippen LogP contribution is -2.37. The van der Waals surface area contributed by atoms with Gasteiger partial charge in [0, 0.05) is 13.1 Å². The van der Waals surface area contributed by atoms with Crippen LogP contribution < -0.4 is 10.9 Å². The normalized spacial score (nSPS) is 16.0. The van der Waals surface area contributed by atoms with Crippen molar-refractivity contribution in [2.75, 3.05) is 5.75 Å². The molecular weight excluding hydrogens is 318 g/mol. The minimum atomic E-state index is -0.0461. The summed E-state index contributed by atoms with van der Waals surface area (Å²) >= 11 is 2.72. The highest BCUT2D eigenvalue weighted by atomic mass is 32.2. The van der Waals surface area contributed by atoms with E-state index in [1.54, 1.807) is 7.05 Å². The van der Waals surface area contributed by atoms with Gasteiger partial charge in [0.2, 0.25) is 5.91 Å². The topological polar surface area (TPSA) is 64.0 Å². The average molecular weight is 337 g/mol. The standard InChI is InChI=1S/C15H19N3O2S2/c1-18-14(20)13-11(7-8-21-13)17-15(18)22-9-12(19)16-10-5-3-2-4-6-10/h7-8,10H,2-6,9H2,1H3,(H,16,19). The fourth-order valence-corrected chi connectivity index (χ4v) is 4.33. The Kier molecular flexibility index (Phi) is 4.83. The third-order valence-electron chi connectivity index (χ3n) is 3.95. The second kappa shape index (κ2) is 6.83. The summed E-state index contributed by atoms with van der Waals surface area (Å²) in [4.78, 5) is 28.7. The maximum atomic E-state index is 12.2. The molecule has 0 aliphatic heterocycles. The SMILES string of the molecule is Cn1c(SCC(=O)NC2CCCCC2)nc2ccsc2c1=O. The highest BCUT2D eigenvalue weighted by molar-refractivity contribution is 7.99. The van der Waals surface area contributed by atoms with E-state index in [1.807, 2.05) is 11.4 Å². The first-order valence-electron chi connectivity index (χ1n) is 7.51. The molecule has 2 aromatic rings. The molecule has 0 spiro atoms. The average Bonchev–Trinajstić information content (AvgIpc) is 2.99. The van der Waals surface area contributed by atoms with Crippen molar-refractivity contribution in [3.8, 4) is 0 Å². The summed E-state index contributed by atoms with van der Waals surface area (Å²) in [7, 11) is 1.70. The highest BCUT2D eigenvalue weighted by Gasteiger charge is 2.17. The van der Waals surface area contributed by atoms with Gasteiger partial charge in [0.05, 0.1) is 11.3 Å². The van der Waals surface area contributed by atoms with E-state index in [2.05, 4.69) is 10.3 Å². The Morgan fingerprint density at radius 2 is 2.23 bits per heavy atom. The molecule has 1 aliphatic carbocycles. The zero-order valence-corrected chi connectivity index (χ0v) is 14.1. The molecule has 2 heterocycles. The molecule has 22 heavy (non-hydrogen) atoms. The van der Waals surface area contributed by atoms with E-state index in [9.17, 15) is 9.59 Å². The lowest BCUT2D eigenvalue weighted by Gasteiger charge is -2.22. The maximum Gasteiger partial charge on any atom is 0.271 e. The summed E-state index contributed by atoms with van der Waals surface area (Å²) in [5, 5.41) is 5.54. The van der Waals surface area contributed by atoms with Crippen molar-refractivity contribution >= 4 is 39.2 Å². The van der Waals surface area contributed by atoms with E-state index in [1.165, 1.54) is 46.9 Å². The van der Waals surface area contributed by atoms with Crippen LogP contribution in [0, 0.1) is 0 Å². The number of hydrogen-bond donors (Lipinski definition) is 1. The van der Waals surface area contributed by atoms with Gasteiger partial charge in [-0.15, -0.1) is 11.3 Å². The Bertz CT molecular complexity index is 732. The quantitative estimate of drug-likeness (QED) is 0.688. The summed E-state index contributed by atoms with van der Waals surface area (Å²) in [6, 6.07) is 2.16. The number of carbonyl (C=O) groups is 1. The van der Waals surface area contributed by atoms with Crippen LogP contribution in [-0.2, 0) is 11.8 Å². The van der Waals surface area contributed by atoms with Crippen LogP contribution in [0.15, 0.2) is 21.4 Å². The molecule has 1 amide bonds. The molecule has 1 saturated carbocycles. The number of carbonyl (C=O) groups excluding carboxylic acids is 1. The van der Waals surface area contributed by atoms with Gasteiger partial charge in [-0.1, -0.05) is 31.0 Å². The molecule has 0 saturated heterocycles. The number of nitrogens with zero attached hydrogens (tertiary/aromatic N) is 2. The predicted octanol–water partition coefficient (Wildman–Crippen LogP) is 2.54. The summed E-state index contributed by atoms with van der Waals surface area (Å²) in [6.45, 7) is 0. The van der Waals surface area contributed by atoms with Gasteiger partial charge >= 0.3 is 0 Å². The molecular formula is C15H19N3O2S2. The summed E-state index contributed by atoms with van der Waals surface area (Å²) in [5.41, 5.74) is 0.665. The molecule has 0 bridgehead atoms. The number of thioether (sulfide) groups is 1. The second-order valence-corrected chi connectivity index (χ2v) is 7.44. The molecule has 1 aliphatic rings. The fraction of sp³-hybridized carbons (Fsp3) is 0.533. The van der Waals surface area contributed by atoms with Crippen molar-refractivity contribution in [2.45, 2.75) is 43.3 Å². The van der Waals surface area contributed by atoms with Crippen LogP contribution in [0.2, 0.25) is 0 Å². The van der Waals surface area contributed by atoms with Crippen molar-refractivity contribution in [3.63, 3.8) is 0 Å². The number of amides is 1. The van der Waals surface area contributed by atoms with E-state index in [0.29, 0.717) is 27.2 Å². The second-order valence-electron chi connectivity index (χ2n) is 5.58. The Morgan fingerprint density at radius 1 is 1.45 bits per heavy atom. The smallest absolute Gasteiger partial charge is 0.271 e. The molecule has 0 unspecified atom stereocenters. The molecule has 1 N–H and O–H groups in total. The predicted molar refractivity (Wildman–Crippen MR) is 90.6 cm³/mol. The first-order valence-corrected chi connectivity index (χ1v) is 9.38. The molecule has 0 aromatic carbocycles. The van der Waals surface area contributed by atoms with Gasteiger partial charge in [-0.2, -0.15) is 0 Å². The Labute approximate surface area is 137 Å². The van der Waals surface area contributed by atoms with Crippen molar-refractivity contribution in [1.29, 1.82) is 0 Å². The van der Waals surface area contributed by atoms with Crippen LogP contribution in [0.4, 0.5) is 0 Å². The Balaban J connectivity index is 1.64. The number of nitrogens with one attached hydrogen (secondary N) is 1. The first kappa shape index (κ1) is 15.6. The van der Waals surface area contributed by atoms with Gasteiger partial charge in [0.25, 0.3) is 5.56 Å². The molecule has 3 rings (SSSR count). The summed E-state index contributed by atoms with van der Waals surface area (Å²) in [5.74, 6) is 0.323. The van der Waals surface area contributed by atoms with Crippen molar-refractivity contribution in [2.24, 2.45) is 7.05 Å². The van der Waals surface area contributed by atoms with E-state index >= 15 is 0 Å². The van der Waals surface area contributed by atoms with Crippen molar-refractivity contribution in [3.05, 3.63) is 21.8 Å². The molecule has 5 nitrogen and oxygen atoms in total. The number of thiophene rings is 1. The van der Waals surface area contributed by atoms with Gasteiger partial charge in [-0.3, -0.25) is 14.2 Å². The monoisotopic (exact) mass is 337 g/mol. The van der Waals surface area contributed by atoms with Crippen LogP contribution in [0.25, 0.3) is 10.2 Å². The lowest BCUT2D eigenvalue weighted by atomic mass is 9.95. The number of aromatic nitrogens is 2. The van der Waals surface area contributed by atoms with E-state index in [0.717, 1.165) is 12.8 Å².